The lowest BCUT2D eigenvalue weighted by atomic mass is 10.1. The molecule has 6 heteroatoms. The summed E-state index contributed by atoms with van der Waals surface area (Å²) in [7, 11) is 0. The van der Waals surface area contributed by atoms with Crippen molar-refractivity contribution in [2.24, 2.45) is 0 Å². The third kappa shape index (κ3) is 3.01. The third-order valence-electron chi connectivity index (χ3n) is 4.56. The molecule has 0 saturated carbocycles. The van der Waals surface area contributed by atoms with E-state index in [9.17, 15) is 14.7 Å². The molecule has 1 aliphatic heterocycles. The number of carboxylic acids is 1. The van der Waals surface area contributed by atoms with Gasteiger partial charge in [-0.25, -0.2) is 14.8 Å². The summed E-state index contributed by atoms with van der Waals surface area (Å²) in [6, 6.07) is 14.5. The molecule has 6 nitrogen and oxygen atoms in total. The lowest BCUT2D eigenvalue weighted by molar-refractivity contribution is -0.119. The number of piperidine rings is 1. The van der Waals surface area contributed by atoms with Crippen LogP contribution in [0, 0.1) is 0 Å². The number of carboxylic acid groups (broad SMARTS) is 1. The van der Waals surface area contributed by atoms with E-state index in [0.29, 0.717) is 42.8 Å². The molecule has 1 fully saturated rings. The fourth-order valence-electron chi connectivity index (χ4n) is 3.16. The largest absolute Gasteiger partial charge is 0.478 e. The van der Waals surface area contributed by atoms with Gasteiger partial charge < -0.3 is 10.0 Å². The van der Waals surface area contributed by atoms with E-state index in [1.807, 2.05) is 30.3 Å². The van der Waals surface area contributed by atoms with Crippen molar-refractivity contribution in [3.8, 4) is 11.3 Å². The molecule has 2 aromatic carbocycles. The summed E-state index contributed by atoms with van der Waals surface area (Å²) < 4.78 is 0. The fourth-order valence-corrected chi connectivity index (χ4v) is 3.16. The molecule has 3 aromatic rings. The van der Waals surface area contributed by atoms with Gasteiger partial charge in [0.25, 0.3) is 0 Å². The summed E-state index contributed by atoms with van der Waals surface area (Å²) in [5.74, 6) is -0.0471. The van der Waals surface area contributed by atoms with Gasteiger partial charge in [0.1, 0.15) is 11.5 Å². The van der Waals surface area contributed by atoms with Crippen molar-refractivity contribution in [1.82, 2.24) is 9.97 Å². The van der Waals surface area contributed by atoms with E-state index in [-0.39, 0.29) is 11.3 Å². The van der Waals surface area contributed by atoms with Crippen LogP contribution < -0.4 is 4.90 Å². The van der Waals surface area contributed by atoms with Crippen LogP contribution in [0.25, 0.3) is 22.3 Å². The van der Waals surface area contributed by atoms with Gasteiger partial charge in [0.15, 0.2) is 5.82 Å². The number of benzene rings is 2. The highest BCUT2D eigenvalue weighted by Gasteiger charge is 2.22. The number of carbonyl (C=O) groups is 2. The highest BCUT2D eigenvalue weighted by atomic mass is 16.4. The average molecular weight is 347 g/mol. The minimum absolute atomic E-state index is 0.180. The zero-order valence-electron chi connectivity index (χ0n) is 14.1. The Labute approximate surface area is 150 Å². The Bertz CT molecular complexity index is 992. The number of fused-ring (bicyclic) bond motifs is 1. The van der Waals surface area contributed by atoms with Gasteiger partial charge in [-0.3, -0.25) is 4.79 Å². The average Bonchev–Trinajstić information content (AvgIpc) is 2.68. The third-order valence-corrected chi connectivity index (χ3v) is 4.56. The second-order valence-corrected chi connectivity index (χ2v) is 6.30. The van der Waals surface area contributed by atoms with Crippen LogP contribution in [-0.4, -0.2) is 39.9 Å². The molecular weight excluding hydrogens is 330 g/mol. The number of nitrogens with zero attached hydrogens (tertiary/aromatic N) is 3. The molecule has 0 atom stereocenters. The Morgan fingerprint density at radius 2 is 1.69 bits per heavy atom. The van der Waals surface area contributed by atoms with E-state index >= 15 is 0 Å². The second-order valence-electron chi connectivity index (χ2n) is 6.30. The molecule has 26 heavy (non-hydrogen) atoms. The first-order chi connectivity index (χ1) is 12.6. The first-order valence-electron chi connectivity index (χ1n) is 8.49. The molecule has 1 N–H and O–H groups in total. The summed E-state index contributed by atoms with van der Waals surface area (Å²) in [5, 5.41) is 9.23. The summed E-state index contributed by atoms with van der Waals surface area (Å²) in [6.07, 6.45) is 0.978. The van der Waals surface area contributed by atoms with Crippen LogP contribution in [-0.2, 0) is 4.79 Å². The van der Waals surface area contributed by atoms with Crippen LogP contribution in [0.3, 0.4) is 0 Å². The molecular formula is C20H17N3O3. The van der Waals surface area contributed by atoms with Crippen LogP contribution in [0.2, 0.25) is 0 Å². The number of carbonyl (C=O) groups excluding carboxylic acids is 1. The first-order valence-corrected chi connectivity index (χ1v) is 8.49. The number of rotatable bonds is 3. The Balaban J connectivity index is 1.89. The van der Waals surface area contributed by atoms with E-state index in [2.05, 4.69) is 4.90 Å². The van der Waals surface area contributed by atoms with Crippen LogP contribution in [0.5, 0.6) is 0 Å². The van der Waals surface area contributed by atoms with Gasteiger partial charge in [0, 0.05) is 31.5 Å². The van der Waals surface area contributed by atoms with Crippen LogP contribution >= 0.6 is 0 Å². The van der Waals surface area contributed by atoms with E-state index in [1.165, 1.54) is 12.1 Å². The van der Waals surface area contributed by atoms with Gasteiger partial charge in [0.2, 0.25) is 0 Å². The number of hydrogen-bond acceptors (Lipinski definition) is 5. The minimum atomic E-state index is -0.994. The fraction of sp³-hybridized carbons (Fsp3) is 0.200. The van der Waals surface area contributed by atoms with Crippen molar-refractivity contribution in [2.45, 2.75) is 12.8 Å². The Hall–Kier alpha value is -3.28. The van der Waals surface area contributed by atoms with Crippen LogP contribution in [0.15, 0.2) is 48.5 Å². The summed E-state index contributed by atoms with van der Waals surface area (Å²) >= 11 is 0. The molecule has 0 amide bonds. The molecule has 0 unspecified atom stereocenters. The molecule has 0 radical (unpaired) electrons. The predicted octanol–water partition coefficient (Wildman–Crippen LogP) is 3.16. The van der Waals surface area contributed by atoms with Crippen LogP contribution in [0.4, 0.5) is 5.82 Å². The maximum Gasteiger partial charge on any atom is 0.335 e. The van der Waals surface area contributed by atoms with E-state index in [4.69, 9.17) is 9.97 Å². The number of aromatic nitrogens is 2. The zero-order valence-corrected chi connectivity index (χ0v) is 14.1. The highest BCUT2D eigenvalue weighted by Crippen LogP contribution is 2.31. The number of anilines is 1. The molecule has 0 bridgehead atoms. The maximum atomic E-state index is 11.6. The van der Waals surface area contributed by atoms with Crippen molar-refractivity contribution >= 4 is 28.6 Å². The zero-order chi connectivity index (χ0) is 18.1. The lowest BCUT2D eigenvalue weighted by Gasteiger charge is -2.28. The number of aromatic carboxylic acids is 1. The molecule has 4 rings (SSSR count). The first kappa shape index (κ1) is 16.2. The summed E-state index contributed by atoms with van der Waals surface area (Å²) in [4.78, 5) is 34.4. The van der Waals surface area contributed by atoms with E-state index < -0.39 is 5.97 Å². The van der Waals surface area contributed by atoms with Gasteiger partial charge in [-0.05, 0) is 18.2 Å². The predicted molar refractivity (Wildman–Crippen MR) is 98.4 cm³/mol. The maximum absolute atomic E-state index is 11.6. The van der Waals surface area contributed by atoms with Gasteiger partial charge in [0.05, 0.1) is 16.6 Å². The van der Waals surface area contributed by atoms with Gasteiger partial charge >= 0.3 is 5.97 Å². The second kappa shape index (κ2) is 6.55. The molecule has 130 valence electrons. The number of ketones is 1. The monoisotopic (exact) mass is 347 g/mol. The van der Waals surface area contributed by atoms with Crippen LogP contribution in [0.1, 0.15) is 23.2 Å². The standard InChI is InChI=1S/C20H17N3O3/c24-15-8-10-23(11-9-15)19-18(13-4-2-1-3-5-13)21-16-7-6-14(20(25)26)12-17(16)22-19/h1-7,12H,8-11H2,(H,25,26). The Morgan fingerprint density at radius 3 is 2.38 bits per heavy atom. The highest BCUT2D eigenvalue weighted by molar-refractivity contribution is 5.93. The topological polar surface area (TPSA) is 83.4 Å². The Morgan fingerprint density at radius 1 is 0.962 bits per heavy atom. The van der Waals surface area contributed by atoms with Gasteiger partial charge in [-0.1, -0.05) is 30.3 Å². The van der Waals surface area contributed by atoms with Gasteiger partial charge in [-0.15, -0.1) is 0 Å². The number of hydrogen-bond donors (Lipinski definition) is 1. The van der Waals surface area contributed by atoms with Crippen molar-refractivity contribution in [3.63, 3.8) is 0 Å². The van der Waals surface area contributed by atoms with E-state index in [0.717, 1.165) is 11.3 Å². The Kier molecular flexibility index (Phi) is 4.08. The molecule has 0 spiro atoms. The van der Waals surface area contributed by atoms with Crippen molar-refractivity contribution < 1.29 is 14.7 Å². The molecule has 1 aliphatic rings. The van der Waals surface area contributed by atoms with Gasteiger partial charge in [-0.2, -0.15) is 0 Å². The summed E-state index contributed by atoms with van der Waals surface area (Å²) in [5.41, 5.74) is 3.05. The number of Topliss-reactive ketones (excluding diaryl/α,β-unsaturated/α-hetero) is 1. The smallest absolute Gasteiger partial charge is 0.335 e. The van der Waals surface area contributed by atoms with E-state index in [1.54, 1.807) is 6.07 Å². The molecule has 2 heterocycles. The van der Waals surface area contributed by atoms with Crippen molar-refractivity contribution in [2.75, 3.05) is 18.0 Å². The molecule has 1 saturated heterocycles. The summed E-state index contributed by atoms with van der Waals surface area (Å²) in [6.45, 7) is 1.19. The normalized spacial score (nSPS) is 14.6. The SMILES string of the molecule is O=C1CCN(c2nc3cc(C(=O)O)ccc3nc2-c2ccccc2)CC1. The lowest BCUT2D eigenvalue weighted by Crippen LogP contribution is -2.34. The minimum Gasteiger partial charge on any atom is -0.478 e. The molecule has 0 aliphatic carbocycles. The van der Waals surface area contributed by atoms with Crippen molar-refractivity contribution in [1.29, 1.82) is 0 Å². The molecule has 1 aromatic heterocycles. The van der Waals surface area contributed by atoms with Crippen molar-refractivity contribution in [3.05, 3.63) is 54.1 Å². The quantitative estimate of drug-likeness (QED) is 0.783.